The Morgan fingerprint density at radius 3 is 1.85 bits per heavy atom. The molecule has 0 bridgehead atoms. The quantitative estimate of drug-likeness (QED) is 0.330. The second kappa shape index (κ2) is 12.4. The number of ether oxygens (including phenoxy) is 3. The standard InChI is InChI=1S/C25H29NO7/c1-25(2,3)33-24(30)26-21(23(29)32-17-19-12-8-5-9-13-19)14-20(27)15-22(28)31-16-18-10-6-4-7-11-18/h4-13,21H,14-17H2,1-3H3,(H,26,30)/t21-/m0/s1. The maximum absolute atomic E-state index is 12.6. The molecule has 8 nitrogen and oxygen atoms in total. The molecule has 176 valence electrons. The molecule has 1 N–H and O–H groups in total. The van der Waals surface area contributed by atoms with Crippen molar-refractivity contribution in [1.82, 2.24) is 5.32 Å². The lowest BCUT2D eigenvalue weighted by atomic mass is 10.1. The van der Waals surface area contributed by atoms with E-state index < -0.39 is 48.3 Å². The summed E-state index contributed by atoms with van der Waals surface area (Å²) in [5, 5.41) is 2.36. The smallest absolute Gasteiger partial charge is 0.408 e. The first-order valence-electron chi connectivity index (χ1n) is 10.5. The Hall–Kier alpha value is -3.68. The predicted octanol–water partition coefficient (Wildman–Crippen LogP) is 3.72. The molecule has 0 unspecified atom stereocenters. The van der Waals surface area contributed by atoms with Gasteiger partial charge in [0.15, 0.2) is 0 Å². The zero-order valence-electron chi connectivity index (χ0n) is 19.0. The largest absolute Gasteiger partial charge is 0.460 e. The van der Waals surface area contributed by atoms with Gasteiger partial charge in [-0.15, -0.1) is 0 Å². The van der Waals surface area contributed by atoms with Gasteiger partial charge in [0.1, 0.15) is 37.1 Å². The van der Waals surface area contributed by atoms with E-state index in [0.29, 0.717) is 0 Å². The Kier molecular flexibility index (Phi) is 9.60. The molecule has 0 radical (unpaired) electrons. The number of benzene rings is 2. The fraction of sp³-hybridized carbons (Fsp3) is 0.360. The van der Waals surface area contributed by atoms with Gasteiger partial charge in [-0.3, -0.25) is 9.59 Å². The third-order valence-electron chi connectivity index (χ3n) is 4.22. The topological polar surface area (TPSA) is 108 Å². The zero-order valence-corrected chi connectivity index (χ0v) is 19.0. The maximum atomic E-state index is 12.6. The minimum Gasteiger partial charge on any atom is -0.460 e. The molecule has 0 aliphatic heterocycles. The van der Waals surface area contributed by atoms with Crippen molar-refractivity contribution in [3.8, 4) is 0 Å². The van der Waals surface area contributed by atoms with E-state index in [0.717, 1.165) is 11.1 Å². The lowest BCUT2D eigenvalue weighted by Gasteiger charge is -2.22. The van der Waals surface area contributed by atoms with Gasteiger partial charge >= 0.3 is 18.0 Å². The highest BCUT2D eigenvalue weighted by molar-refractivity contribution is 5.98. The minimum absolute atomic E-state index is 0.0283. The first-order valence-corrected chi connectivity index (χ1v) is 10.5. The summed E-state index contributed by atoms with van der Waals surface area (Å²) in [6.45, 7) is 5.01. The predicted molar refractivity (Wildman–Crippen MR) is 120 cm³/mol. The van der Waals surface area contributed by atoms with E-state index in [-0.39, 0.29) is 13.2 Å². The van der Waals surface area contributed by atoms with Gasteiger partial charge in [-0.1, -0.05) is 60.7 Å². The van der Waals surface area contributed by atoms with Gasteiger partial charge in [-0.2, -0.15) is 0 Å². The zero-order chi connectivity index (χ0) is 24.3. The van der Waals surface area contributed by atoms with E-state index in [4.69, 9.17) is 14.2 Å². The molecule has 0 fully saturated rings. The number of Topliss-reactive ketones (excluding diaryl/α,β-unsaturated/α-hetero) is 1. The number of esters is 2. The van der Waals surface area contributed by atoms with Crippen LogP contribution in [0.2, 0.25) is 0 Å². The fourth-order valence-electron chi connectivity index (χ4n) is 2.72. The summed E-state index contributed by atoms with van der Waals surface area (Å²) < 4.78 is 15.5. The highest BCUT2D eigenvalue weighted by Crippen LogP contribution is 2.10. The Morgan fingerprint density at radius 1 is 0.818 bits per heavy atom. The monoisotopic (exact) mass is 455 g/mol. The Bertz CT molecular complexity index is 936. The van der Waals surface area contributed by atoms with Crippen LogP contribution in [0.1, 0.15) is 44.7 Å². The molecule has 0 saturated carbocycles. The van der Waals surface area contributed by atoms with Gasteiger partial charge in [0.25, 0.3) is 0 Å². The van der Waals surface area contributed by atoms with Crippen LogP contribution in [0.4, 0.5) is 4.79 Å². The SMILES string of the molecule is CC(C)(C)OC(=O)N[C@@H](CC(=O)CC(=O)OCc1ccccc1)C(=O)OCc1ccccc1. The molecule has 2 aromatic carbocycles. The van der Waals surface area contributed by atoms with E-state index in [9.17, 15) is 19.2 Å². The number of carbonyl (C=O) groups excluding carboxylic acids is 4. The summed E-state index contributed by atoms with van der Waals surface area (Å²) in [6.07, 6.45) is -1.85. The molecule has 0 heterocycles. The van der Waals surface area contributed by atoms with Crippen molar-refractivity contribution < 1.29 is 33.4 Å². The highest BCUT2D eigenvalue weighted by Gasteiger charge is 2.28. The molecule has 0 saturated heterocycles. The van der Waals surface area contributed by atoms with Crippen LogP contribution in [0.5, 0.6) is 0 Å². The Balaban J connectivity index is 1.94. The number of carbonyl (C=O) groups is 4. The average molecular weight is 456 g/mol. The van der Waals surface area contributed by atoms with E-state index in [2.05, 4.69) is 5.32 Å². The van der Waals surface area contributed by atoms with Crippen LogP contribution in [0.3, 0.4) is 0 Å². The van der Waals surface area contributed by atoms with Gasteiger partial charge in [0.05, 0.1) is 0 Å². The molecular weight excluding hydrogens is 426 g/mol. The van der Waals surface area contributed by atoms with Gasteiger partial charge in [0, 0.05) is 6.42 Å². The van der Waals surface area contributed by atoms with E-state index in [1.807, 2.05) is 24.3 Å². The van der Waals surface area contributed by atoms with Crippen molar-refractivity contribution in [3.05, 3.63) is 71.8 Å². The first-order chi connectivity index (χ1) is 15.6. The van der Waals surface area contributed by atoms with Crippen LogP contribution in [-0.4, -0.2) is 35.5 Å². The van der Waals surface area contributed by atoms with Crippen molar-refractivity contribution >= 4 is 23.8 Å². The molecule has 1 atom stereocenters. The summed E-state index contributed by atoms with van der Waals surface area (Å²) in [5.74, 6) is -2.11. The van der Waals surface area contributed by atoms with Gasteiger partial charge < -0.3 is 19.5 Å². The van der Waals surface area contributed by atoms with Crippen LogP contribution >= 0.6 is 0 Å². The van der Waals surface area contributed by atoms with Crippen molar-refractivity contribution in [2.45, 2.75) is 58.5 Å². The normalized spacial score (nSPS) is 11.7. The summed E-state index contributed by atoms with van der Waals surface area (Å²) in [6, 6.07) is 16.7. The van der Waals surface area contributed by atoms with E-state index in [1.54, 1.807) is 57.2 Å². The van der Waals surface area contributed by atoms with E-state index >= 15 is 0 Å². The second-order valence-electron chi connectivity index (χ2n) is 8.36. The molecule has 2 aromatic rings. The van der Waals surface area contributed by atoms with Crippen LogP contribution < -0.4 is 5.32 Å². The number of amides is 1. The van der Waals surface area contributed by atoms with E-state index in [1.165, 1.54) is 0 Å². The molecular formula is C25H29NO7. The summed E-state index contributed by atoms with van der Waals surface area (Å²) in [4.78, 5) is 49.2. The number of hydrogen-bond donors (Lipinski definition) is 1. The Labute approximate surface area is 193 Å². The summed E-state index contributed by atoms with van der Waals surface area (Å²) in [5.41, 5.74) is 0.735. The van der Waals surface area contributed by atoms with Gasteiger partial charge in [0.2, 0.25) is 0 Å². The van der Waals surface area contributed by atoms with Crippen molar-refractivity contribution in [1.29, 1.82) is 0 Å². The average Bonchev–Trinajstić information content (AvgIpc) is 2.75. The van der Waals surface area contributed by atoms with Crippen LogP contribution in [0.15, 0.2) is 60.7 Å². The molecule has 0 aliphatic rings. The molecule has 33 heavy (non-hydrogen) atoms. The van der Waals surface area contributed by atoms with Crippen LogP contribution in [0, 0.1) is 0 Å². The second-order valence-corrected chi connectivity index (χ2v) is 8.36. The Morgan fingerprint density at radius 2 is 1.33 bits per heavy atom. The molecule has 1 amide bonds. The summed E-state index contributed by atoms with van der Waals surface area (Å²) in [7, 11) is 0. The molecule has 0 aromatic heterocycles. The maximum Gasteiger partial charge on any atom is 0.408 e. The third kappa shape index (κ3) is 10.5. The van der Waals surface area contributed by atoms with Gasteiger partial charge in [-0.05, 0) is 31.9 Å². The third-order valence-corrected chi connectivity index (χ3v) is 4.22. The van der Waals surface area contributed by atoms with Crippen molar-refractivity contribution in [3.63, 3.8) is 0 Å². The van der Waals surface area contributed by atoms with Crippen LogP contribution in [0.25, 0.3) is 0 Å². The molecule has 8 heteroatoms. The molecule has 2 rings (SSSR count). The first kappa shape index (κ1) is 25.6. The molecule has 0 spiro atoms. The lowest BCUT2D eigenvalue weighted by Crippen LogP contribution is -2.45. The number of hydrogen-bond acceptors (Lipinski definition) is 7. The highest BCUT2D eigenvalue weighted by atomic mass is 16.6. The molecule has 0 aliphatic carbocycles. The lowest BCUT2D eigenvalue weighted by molar-refractivity contribution is -0.151. The summed E-state index contributed by atoms with van der Waals surface area (Å²) >= 11 is 0. The minimum atomic E-state index is -1.31. The fourth-order valence-corrected chi connectivity index (χ4v) is 2.72. The number of nitrogens with one attached hydrogen (secondary N) is 1. The number of alkyl carbamates (subject to hydrolysis) is 1. The van der Waals surface area contributed by atoms with Crippen molar-refractivity contribution in [2.24, 2.45) is 0 Å². The number of rotatable bonds is 10. The van der Waals surface area contributed by atoms with Crippen molar-refractivity contribution in [2.75, 3.05) is 0 Å². The van der Waals surface area contributed by atoms with Gasteiger partial charge in [-0.25, -0.2) is 9.59 Å². The number of ketones is 1. The van der Waals surface area contributed by atoms with Crippen LogP contribution in [-0.2, 0) is 41.8 Å².